The number of anilines is 1. The Morgan fingerprint density at radius 3 is 2.56 bits per heavy atom. The van der Waals surface area contributed by atoms with Crippen molar-refractivity contribution in [2.45, 2.75) is 53.5 Å². The number of nitrogen functional groups attached to an aromatic ring is 1. The fourth-order valence-electron chi connectivity index (χ4n) is 3.77. The van der Waals surface area contributed by atoms with Crippen LogP contribution in [0.4, 0.5) is 5.69 Å². The average molecular weight is 544 g/mol. The van der Waals surface area contributed by atoms with E-state index >= 15 is 0 Å². The molecule has 0 saturated heterocycles. The third kappa shape index (κ3) is 6.68. The molecule has 0 amide bonds. The molecule has 6 N–H and O–H groups in total. The fourth-order valence-corrected chi connectivity index (χ4v) is 7.67. The van der Waals surface area contributed by atoms with Gasteiger partial charge in [-0.3, -0.25) is 10.4 Å². The lowest BCUT2D eigenvalue weighted by atomic mass is 10.00. The first kappa shape index (κ1) is 27.8. The van der Waals surface area contributed by atoms with Crippen LogP contribution in [0.25, 0.3) is 11.1 Å². The van der Waals surface area contributed by atoms with Crippen molar-refractivity contribution in [1.82, 2.24) is 0 Å². The Balaban J connectivity index is 1.84. The Bertz CT molecular complexity index is 1360. The summed E-state index contributed by atoms with van der Waals surface area (Å²) in [6.07, 6.45) is 6.38. The summed E-state index contributed by atoms with van der Waals surface area (Å²) in [6.45, 7) is 4.85. The summed E-state index contributed by atoms with van der Waals surface area (Å²) in [4.78, 5) is 5.21. The summed E-state index contributed by atoms with van der Waals surface area (Å²) >= 11 is 2.55. The zero-order valence-electron chi connectivity index (χ0n) is 20.8. The highest BCUT2D eigenvalue weighted by molar-refractivity contribution is 8.01. The summed E-state index contributed by atoms with van der Waals surface area (Å²) in [5, 5.41) is 10.8. The van der Waals surface area contributed by atoms with Crippen molar-refractivity contribution < 1.29 is 8.42 Å². The number of hydrogen-bond donors (Lipinski definition) is 4. The van der Waals surface area contributed by atoms with Crippen molar-refractivity contribution in [3.63, 3.8) is 0 Å². The molecular weight excluding hydrogens is 511 g/mol. The van der Waals surface area contributed by atoms with Crippen LogP contribution in [0.2, 0.25) is 0 Å². The molecule has 0 aliphatic rings. The standard InChI is InChI=1S/C26H33N5O2S3/c1-4-5-6-7-13-30-26(29)31-19-11-12-21(17(2)14-19)18-9-8-10-20(15-18)36(32,33)23-16-22(24(27)28)35-25(23)34-3/h8-12,14-16H,4-7,13H2,1-3H3,(H3,27,28)(H3,29,30,31). The molecule has 2 aromatic carbocycles. The topological polar surface area (TPSA) is 134 Å². The molecule has 0 atom stereocenters. The lowest BCUT2D eigenvalue weighted by molar-refractivity contribution is 0.595. The number of hydrogen-bond acceptors (Lipinski definition) is 6. The number of amidine groups is 1. The highest BCUT2D eigenvalue weighted by Gasteiger charge is 2.25. The number of thiophene rings is 1. The van der Waals surface area contributed by atoms with Gasteiger partial charge in [0.05, 0.1) is 18.9 Å². The van der Waals surface area contributed by atoms with Crippen LogP contribution in [0.1, 0.15) is 43.0 Å². The van der Waals surface area contributed by atoms with Gasteiger partial charge in [-0.15, -0.1) is 23.1 Å². The van der Waals surface area contributed by atoms with Crippen LogP contribution in [0.15, 0.2) is 67.5 Å². The Morgan fingerprint density at radius 2 is 1.89 bits per heavy atom. The normalized spacial score (nSPS) is 12.0. The first-order valence-corrected chi connectivity index (χ1v) is 15.2. The molecule has 192 valence electrons. The second-order valence-electron chi connectivity index (χ2n) is 8.39. The number of nitrogens with zero attached hydrogens (tertiary/aromatic N) is 1. The van der Waals surface area contributed by atoms with E-state index in [1.54, 1.807) is 18.2 Å². The number of aryl methyl sites for hydroxylation is 1. The number of benzene rings is 2. The minimum Gasteiger partial charge on any atom is -0.383 e. The number of rotatable bonds is 11. The molecular formula is C26H33N5O2S3. The molecule has 0 aliphatic heterocycles. The smallest absolute Gasteiger partial charge is 0.208 e. The summed E-state index contributed by atoms with van der Waals surface area (Å²) in [7, 11) is -3.78. The predicted octanol–water partition coefficient (Wildman–Crippen LogP) is 5.87. The molecule has 0 saturated carbocycles. The van der Waals surface area contributed by atoms with Gasteiger partial charge < -0.3 is 16.8 Å². The number of sulfone groups is 1. The van der Waals surface area contributed by atoms with Crippen molar-refractivity contribution in [2.75, 3.05) is 18.1 Å². The summed E-state index contributed by atoms with van der Waals surface area (Å²) in [5.74, 6) is 0.244. The maximum atomic E-state index is 13.5. The molecule has 36 heavy (non-hydrogen) atoms. The molecule has 0 spiro atoms. The monoisotopic (exact) mass is 543 g/mol. The van der Waals surface area contributed by atoms with E-state index in [0.29, 0.717) is 21.6 Å². The van der Waals surface area contributed by atoms with Crippen LogP contribution < -0.4 is 16.8 Å². The van der Waals surface area contributed by atoms with E-state index in [1.807, 2.05) is 37.4 Å². The third-order valence-electron chi connectivity index (χ3n) is 5.65. The summed E-state index contributed by atoms with van der Waals surface area (Å²) in [5.41, 5.74) is 15.2. The van der Waals surface area contributed by atoms with Gasteiger partial charge in [0, 0.05) is 12.2 Å². The third-order valence-corrected chi connectivity index (χ3v) is 9.99. The average Bonchev–Trinajstić information content (AvgIpc) is 3.30. The zero-order chi connectivity index (χ0) is 26.3. The van der Waals surface area contributed by atoms with Crippen LogP contribution >= 0.6 is 23.1 Å². The van der Waals surface area contributed by atoms with E-state index in [4.69, 9.17) is 16.9 Å². The minimum atomic E-state index is -3.78. The quantitative estimate of drug-likeness (QED) is 0.103. The van der Waals surface area contributed by atoms with Gasteiger partial charge in [0.2, 0.25) is 9.84 Å². The lowest BCUT2D eigenvalue weighted by Crippen LogP contribution is -2.22. The second kappa shape index (κ2) is 12.4. The first-order valence-electron chi connectivity index (χ1n) is 11.7. The zero-order valence-corrected chi connectivity index (χ0v) is 23.2. The number of guanidine groups is 1. The minimum absolute atomic E-state index is 0.142. The molecule has 1 aromatic heterocycles. The summed E-state index contributed by atoms with van der Waals surface area (Å²) in [6, 6.07) is 14.2. The maximum Gasteiger partial charge on any atom is 0.208 e. The molecule has 1 heterocycles. The van der Waals surface area contributed by atoms with Gasteiger partial charge in [0.25, 0.3) is 0 Å². The highest BCUT2D eigenvalue weighted by Crippen LogP contribution is 2.38. The Kier molecular flexibility index (Phi) is 9.58. The maximum absolute atomic E-state index is 13.5. The number of aliphatic imine (C=N–C) groups is 1. The van der Waals surface area contributed by atoms with Crippen LogP contribution in [-0.4, -0.2) is 33.0 Å². The Hall–Kier alpha value is -2.82. The van der Waals surface area contributed by atoms with Crippen LogP contribution in [-0.2, 0) is 9.84 Å². The van der Waals surface area contributed by atoms with Crippen molar-refractivity contribution in [2.24, 2.45) is 16.5 Å². The van der Waals surface area contributed by atoms with Gasteiger partial charge in [0.1, 0.15) is 5.84 Å². The Labute approximate surface area is 221 Å². The lowest BCUT2D eigenvalue weighted by Gasteiger charge is -2.12. The summed E-state index contributed by atoms with van der Waals surface area (Å²) < 4.78 is 27.6. The second-order valence-corrected chi connectivity index (χ2v) is 12.4. The van der Waals surface area contributed by atoms with Crippen molar-refractivity contribution in [3.8, 4) is 11.1 Å². The largest absolute Gasteiger partial charge is 0.383 e. The molecule has 3 rings (SSSR count). The number of nitrogens with one attached hydrogen (secondary N) is 2. The van der Waals surface area contributed by atoms with E-state index in [1.165, 1.54) is 42.0 Å². The molecule has 0 aliphatic carbocycles. The van der Waals surface area contributed by atoms with Gasteiger partial charge in [-0.25, -0.2) is 8.42 Å². The van der Waals surface area contributed by atoms with Gasteiger partial charge in [-0.1, -0.05) is 44.4 Å². The first-order chi connectivity index (χ1) is 17.2. The van der Waals surface area contributed by atoms with E-state index in [-0.39, 0.29) is 15.6 Å². The van der Waals surface area contributed by atoms with Gasteiger partial charge in [0.15, 0.2) is 5.96 Å². The van der Waals surface area contributed by atoms with Gasteiger partial charge >= 0.3 is 0 Å². The van der Waals surface area contributed by atoms with Crippen molar-refractivity contribution in [3.05, 3.63) is 59.0 Å². The van der Waals surface area contributed by atoms with Crippen molar-refractivity contribution >= 4 is 50.4 Å². The number of unbranched alkanes of at least 4 members (excludes halogenated alkanes) is 3. The van der Waals surface area contributed by atoms with Gasteiger partial charge in [-0.2, -0.15) is 0 Å². The van der Waals surface area contributed by atoms with E-state index in [2.05, 4.69) is 17.2 Å². The molecule has 10 heteroatoms. The van der Waals surface area contributed by atoms with Crippen LogP contribution in [0, 0.1) is 12.3 Å². The predicted molar refractivity (Wildman–Crippen MR) is 153 cm³/mol. The van der Waals surface area contributed by atoms with Crippen LogP contribution in [0.3, 0.4) is 0 Å². The molecule has 7 nitrogen and oxygen atoms in total. The molecule has 0 radical (unpaired) electrons. The SMILES string of the molecule is CCCCCCN=C(N)Nc1ccc(-c2cccc(S(=O)(=O)c3cc(C(=N)N)sc3SC)c2)c(C)c1. The number of thioether (sulfide) groups is 1. The molecule has 0 bridgehead atoms. The fraction of sp³-hybridized carbons (Fsp3) is 0.308. The molecule has 0 fully saturated rings. The van der Waals surface area contributed by atoms with Crippen LogP contribution in [0.5, 0.6) is 0 Å². The molecule has 3 aromatic rings. The van der Waals surface area contributed by atoms with Crippen molar-refractivity contribution in [1.29, 1.82) is 5.41 Å². The molecule has 0 unspecified atom stereocenters. The van der Waals surface area contributed by atoms with E-state index in [0.717, 1.165) is 35.2 Å². The van der Waals surface area contributed by atoms with E-state index < -0.39 is 9.84 Å². The highest BCUT2D eigenvalue weighted by atomic mass is 32.2. The van der Waals surface area contributed by atoms with Gasteiger partial charge in [-0.05, 0) is 66.6 Å². The van der Waals surface area contributed by atoms with E-state index in [9.17, 15) is 8.42 Å². The Morgan fingerprint density at radius 1 is 1.11 bits per heavy atom. The number of nitrogens with two attached hydrogens (primary N) is 2.